The number of rotatable bonds is 3. The average molecular weight is 381 g/mol. The van der Waals surface area contributed by atoms with Crippen molar-refractivity contribution in [3.8, 4) is 5.75 Å². The molecule has 0 spiro atoms. The molecule has 1 heterocycles. The van der Waals surface area contributed by atoms with Gasteiger partial charge in [0.2, 0.25) is 10.0 Å². The molecule has 0 bridgehead atoms. The highest BCUT2D eigenvalue weighted by atomic mass is 79.9. The smallest absolute Gasteiger partial charge is 0.261 e. The van der Waals surface area contributed by atoms with Crippen LogP contribution in [0, 0.1) is 5.82 Å². The fourth-order valence-corrected chi connectivity index (χ4v) is 3.20. The van der Waals surface area contributed by atoms with Gasteiger partial charge in [-0.05, 0) is 41.3 Å². The second-order valence-electron chi connectivity index (χ2n) is 4.65. The first-order valence-electron chi connectivity index (χ1n) is 6.25. The summed E-state index contributed by atoms with van der Waals surface area (Å²) in [5.41, 5.74) is 0. The fraction of sp³-hybridized carbons (Fsp3) is 0.417. The molecule has 0 radical (unpaired) electrons. The summed E-state index contributed by atoms with van der Waals surface area (Å²) < 4.78 is 41.9. The van der Waals surface area contributed by atoms with Crippen LogP contribution in [-0.2, 0) is 14.8 Å². The van der Waals surface area contributed by atoms with Crippen molar-refractivity contribution < 1.29 is 22.3 Å². The van der Waals surface area contributed by atoms with E-state index in [1.165, 1.54) is 0 Å². The number of halogens is 2. The summed E-state index contributed by atoms with van der Waals surface area (Å²) in [5, 5.41) is 7.61. The van der Waals surface area contributed by atoms with Crippen LogP contribution in [0.1, 0.15) is 19.3 Å². The van der Waals surface area contributed by atoms with E-state index in [1.54, 1.807) is 0 Å². The summed E-state index contributed by atoms with van der Waals surface area (Å²) in [4.78, 5) is 11.1. The van der Waals surface area contributed by atoms with Crippen molar-refractivity contribution in [1.82, 2.24) is 5.32 Å². The van der Waals surface area contributed by atoms with E-state index in [0.717, 1.165) is 25.0 Å². The van der Waals surface area contributed by atoms with Gasteiger partial charge >= 0.3 is 0 Å². The molecule has 116 valence electrons. The van der Waals surface area contributed by atoms with Crippen LogP contribution in [-0.4, -0.2) is 27.0 Å². The van der Waals surface area contributed by atoms with Gasteiger partial charge in [0.1, 0.15) is 16.5 Å². The predicted molar refractivity (Wildman–Crippen MR) is 76.7 cm³/mol. The molecular weight excluding hydrogens is 367 g/mol. The van der Waals surface area contributed by atoms with Crippen LogP contribution in [0.15, 0.2) is 21.5 Å². The van der Waals surface area contributed by atoms with Gasteiger partial charge in [0.15, 0.2) is 6.10 Å². The van der Waals surface area contributed by atoms with Crippen LogP contribution < -0.4 is 15.2 Å². The minimum Gasteiger partial charge on any atom is -0.479 e. The molecule has 3 N–H and O–H groups in total. The Morgan fingerprint density at radius 3 is 2.76 bits per heavy atom. The molecular formula is C12H14BrFN2O4S. The summed E-state index contributed by atoms with van der Waals surface area (Å²) >= 11 is 3.10. The molecule has 1 amide bonds. The number of ether oxygens (including phenoxy) is 1. The largest absolute Gasteiger partial charge is 0.479 e. The van der Waals surface area contributed by atoms with E-state index in [-0.39, 0.29) is 16.1 Å². The van der Waals surface area contributed by atoms with Crippen molar-refractivity contribution in [2.75, 3.05) is 6.54 Å². The lowest BCUT2D eigenvalue weighted by molar-refractivity contribution is -0.127. The number of carbonyl (C=O) groups excluding carboxylic acids is 1. The van der Waals surface area contributed by atoms with Gasteiger partial charge in [0.05, 0.1) is 4.47 Å². The van der Waals surface area contributed by atoms with E-state index < -0.39 is 26.8 Å². The Morgan fingerprint density at radius 1 is 1.38 bits per heavy atom. The number of carbonyl (C=O) groups is 1. The third kappa shape index (κ3) is 3.92. The van der Waals surface area contributed by atoms with E-state index in [2.05, 4.69) is 21.2 Å². The lowest BCUT2D eigenvalue weighted by atomic mass is 10.2. The summed E-state index contributed by atoms with van der Waals surface area (Å²) in [6.07, 6.45) is 1.43. The van der Waals surface area contributed by atoms with E-state index in [0.29, 0.717) is 13.0 Å². The van der Waals surface area contributed by atoms with E-state index in [1.807, 2.05) is 0 Å². The Morgan fingerprint density at radius 2 is 2.10 bits per heavy atom. The van der Waals surface area contributed by atoms with Gasteiger partial charge in [-0.25, -0.2) is 17.9 Å². The van der Waals surface area contributed by atoms with Crippen molar-refractivity contribution in [3.05, 3.63) is 22.4 Å². The van der Waals surface area contributed by atoms with Crippen molar-refractivity contribution >= 4 is 31.9 Å². The first-order chi connectivity index (χ1) is 9.79. The number of amides is 1. The normalized spacial score (nSPS) is 19.8. The minimum absolute atomic E-state index is 0.0574. The maximum absolute atomic E-state index is 13.8. The van der Waals surface area contributed by atoms with E-state index >= 15 is 0 Å². The molecule has 6 nitrogen and oxygen atoms in total. The molecule has 0 aliphatic carbocycles. The number of hydrogen-bond donors (Lipinski definition) is 2. The van der Waals surface area contributed by atoms with Gasteiger partial charge in [0, 0.05) is 12.6 Å². The van der Waals surface area contributed by atoms with Crippen LogP contribution >= 0.6 is 15.9 Å². The highest BCUT2D eigenvalue weighted by Gasteiger charge is 2.25. The zero-order valence-corrected chi connectivity index (χ0v) is 13.3. The maximum atomic E-state index is 13.8. The standard InChI is InChI=1S/C12H14BrFN2O4S/c13-7-5-11(21(15,18)19)8(14)6-10(7)20-9-3-1-2-4-16-12(9)17/h5-6,9H,1-4H2,(H,16,17)(H2,15,18,19). The highest BCUT2D eigenvalue weighted by molar-refractivity contribution is 9.10. The average Bonchev–Trinajstić information content (AvgIpc) is 2.57. The Balaban J connectivity index is 2.29. The summed E-state index contributed by atoms with van der Waals surface area (Å²) in [7, 11) is -4.16. The Labute approximate surface area is 130 Å². The van der Waals surface area contributed by atoms with Gasteiger partial charge < -0.3 is 10.1 Å². The molecule has 1 atom stereocenters. The van der Waals surface area contributed by atoms with Crippen LogP contribution in [0.4, 0.5) is 4.39 Å². The Kier molecular flexibility index (Phi) is 4.84. The predicted octanol–water partition coefficient (Wildman–Crippen LogP) is 1.28. The monoisotopic (exact) mass is 380 g/mol. The van der Waals surface area contributed by atoms with Crippen LogP contribution in [0.25, 0.3) is 0 Å². The summed E-state index contributed by atoms with van der Waals surface area (Å²) in [6.45, 7) is 0.582. The number of sulfonamides is 1. The van der Waals surface area contributed by atoms with E-state index in [9.17, 15) is 17.6 Å². The summed E-state index contributed by atoms with van der Waals surface area (Å²) in [6, 6.07) is 1.93. The number of primary sulfonamides is 1. The summed E-state index contributed by atoms with van der Waals surface area (Å²) in [5.74, 6) is -1.23. The third-order valence-corrected chi connectivity index (χ3v) is 4.59. The molecule has 2 rings (SSSR count). The van der Waals surface area contributed by atoms with Crippen molar-refractivity contribution in [1.29, 1.82) is 0 Å². The van der Waals surface area contributed by atoms with Crippen LogP contribution in [0.2, 0.25) is 0 Å². The van der Waals surface area contributed by atoms with Gasteiger partial charge in [-0.1, -0.05) is 0 Å². The van der Waals surface area contributed by atoms with Gasteiger partial charge in [-0.2, -0.15) is 0 Å². The molecule has 1 aliphatic heterocycles. The zero-order valence-electron chi connectivity index (χ0n) is 10.9. The molecule has 9 heteroatoms. The number of benzene rings is 1. The topological polar surface area (TPSA) is 98.5 Å². The second kappa shape index (κ2) is 6.29. The molecule has 21 heavy (non-hydrogen) atoms. The zero-order chi connectivity index (χ0) is 15.6. The maximum Gasteiger partial charge on any atom is 0.261 e. The number of nitrogens with two attached hydrogens (primary N) is 1. The second-order valence-corrected chi connectivity index (χ2v) is 7.04. The molecule has 1 aromatic rings. The highest BCUT2D eigenvalue weighted by Crippen LogP contribution is 2.31. The minimum atomic E-state index is -4.16. The van der Waals surface area contributed by atoms with Crippen molar-refractivity contribution in [3.63, 3.8) is 0 Å². The van der Waals surface area contributed by atoms with Crippen molar-refractivity contribution in [2.24, 2.45) is 5.14 Å². The lowest BCUT2D eigenvalue weighted by Gasteiger charge is -2.17. The van der Waals surface area contributed by atoms with Gasteiger partial charge in [0.25, 0.3) is 5.91 Å². The lowest BCUT2D eigenvalue weighted by Crippen LogP contribution is -2.36. The first-order valence-corrected chi connectivity index (χ1v) is 8.59. The fourth-order valence-electron chi connectivity index (χ4n) is 2.00. The SMILES string of the molecule is NS(=O)(=O)c1cc(Br)c(OC2CCCCNC2=O)cc1F. The number of nitrogens with one attached hydrogen (secondary N) is 1. The molecule has 1 unspecified atom stereocenters. The molecule has 1 fully saturated rings. The molecule has 1 saturated heterocycles. The van der Waals surface area contributed by atoms with Crippen LogP contribution in [0.5, 0.6) is 5.75 Å². The van der Waals surface area contributed by atoms with E-state index in [4.69, 9.17) is 9.88 Å². The van der Waals surface area contributed by atoms with Gasteiger partial charge in [-0.3, -0.25) is 4.79 Å². The van der Waals surface area contributed by atoms with Gasteiger partial charge in [-0.15, -0.1) is 0 Å². The Bertz CT molecular complexity index is 665. The van der Waals surface area contributed by atoms with Crippen LogP contribution in [0.3, 0.4) is 0 Å². The number of hydrogen-bond acceptors (Lipinski definition) is 4. The molecule has 1 aliphatic rings. The quantitative estimate of drug-likeness (QED) is 0.824. The molecule has 0 saturated carbocycles. The molecule has 1 aromatic carbocycles. The molecule has 0 aromatic heterocycles. The Hall–Kier alpha value is -1.19. The third-order valence-electron chi connectivity index (χ3n) is 3.05. The van der Waals surface area contributed by atoms with Crippen molar-refractivity contribution in [2.45, 2.75) is 30.3 Å². The first kappa shape index (κ1) is 16.2.